The van der Waals surface area contributed by atoms with Crippen LogP contribution in [0.3, 0.4) is 0 Å². The molecule has 1 aromatic carbocycles. The maximum atomic E-state index is 12.6. The number of fused-ring (bicyclic) bond motifs is 1. The monoisotopic (exact) mass is 300 g/mol. The van der Waals surface area contributed by atoms with Gasteiger partial charge in [-0.05, 0) is 37.8 Å². The number of carbonyl (C=O) groups excluding carboxylic acids is 1. The molecule has 1 heterocycles. The first-order chi connectivity index (χ1) is 10.8. The minimum atomic E-state index is -0.232. The van der Waals surface area contributed by atoms with Crippen molar-refractivity contribution in [3.63, 3.8) is 0 Å². The van der Waals surface area contributed by atoms with E-state index in [2.05, 4.69) is 0 Å². The molecule has 1 fully saturated rings. The lowest BCUT2D eigenvalue weighted by Crippen LogP contribution is -2.42. The second-order valence-electron chi connectivity index (χ2n) is 7.06. The van der Waals surface area contributed by atoms with Crippen molar-refractivity contribution >= 4 is 5.78 Å². The predicted octanol–water partition coefficient (Wildman–Crippen LogP) is 5.70. The SMILES string of the molecule is O=C1CC2(CCCCCCCCCCC2)Oc2ccccc21. The van der Waals surface area contributed by atoms with Gasteiger partial charge in [-0.3, -0.25) is 4.79 Å². The molecule has 22 heavy (non-hydrogen) atoms. The smallest absolute Gasteiger partial charge is 0.170 e. The summed E-state index contributed by atoms with van der Waals surface area (Å²) in [4.78, 5) is 12.6. The van der Waals surface area contributed by atoms with E-state index in [0.717, 1.165) is 24.2 Å². The predicted molar refractivity (Wildman–Crippen MR) is 89.5 cm³/mol. The quantitative estimate of drug-likeness (QED) is 0.614. The van der Waals surface area contributed by atoms with E-state index in [1.165, 1.54) is 57.8 Å². The molecule has 0 radical (unpaired) electrons. The Kier molecular flexibility index (Phi) is 5.17. The van der Waals surface area contributed by atoms with Gasteiger partial charge in [0.05, 0.1) is 12.0 Å². The highest BCUT2D eigenvalue weighted by Crippen LogP contribution is 2.39. The summed E-state index contributed by atoms with van der Waals surface area (Å²) in [6.45, 7) is 0. The Labute approximate surface area is 134 Å². The summed E-state index contributed by atoms with van der Waals surface area (Å²) in [5, 5.41) is 0. The molecule has 3 rings (SSSR count). The number of para-hydroxylation sites is 1. The summed E-state index contributed by atoms with van der Waals surface area (Å²) in [6, 6.07) is 7.77. The van der Waals surface area contributed by atoms with Gasteiger partial charge in [-0.25, -0.2) is 0 Å². The van der Waals surface area contributed by atoms with Gasteiger partial charge in [-0.2, -0.15) is 0 Å². The van der Waals surface area contributed by atoms with Crippen molar-refractivity contribution in [1.82, 2.24) is 0 Å². The Morgan fingerprint density at radius 2 is 1.32 bits per heavy atom. The van der Waals surface area contributed by atoms with E-state index in [1.807, 2.05) is 24.3 Å². The van der Waals surface area contributed by atoms with Crippen molar-refractivity contribution in [2.24, 2.45) is 0 Å². The molecule has 0 unspecified atom stereocenters. The minimum Gasteiger partial charge on any atom is -0.486 e. The number of hydrogen-bond acceptors (Lipinski definition) is 2. The van der Waals surface area contributed by atoms with Gasteiger partial charge in [0.25, 0.3) is 0 Å². The van der Waals surface area contributed by atoms with Gasteiger partial charge in [0, 0.05) is 0 Å². The third-order valence-corrected chi connectivity index (χ3v) is 5.26. The van der Waals surface area contributed by atoms with Crippen molar-refractivity contribution in [3.05, 3.63) is 29.8 Å². The standard InChI is InChI=1S/C20H28O2/c21-18-16-20(22-19-13-9-8-12-17(18)19)14-10-6-4-2-1-3-5-7-11-15-20/h8-9,12-13H,1-7,10-11,14-16H2. The van der Waals surface area contributed by atoms with Gasteiger partial charge in [-0.15, -0.1) is 0 Å². The number of hydrogen-bond donors (Lipinski definition) is 0. The highest BCUT2D eigenvalue weighted by Gasteiger charge is 2.39. The fourth-order valence-electron chi connectivity index (χ4n) is 3.98. The van der Waals surface area contributed by atoms with E-state index in [9.17, 15) is 4.79 Å². The highest BCUT2D eigenvalue weighted by molar-refractivity contribution is 6.00. The largest absolute Gasteiger partial charge is 0.486 e. The maximum absolute atomic E-state index is 12.6. The number of benzene rings is 1. The number of Topliss-reactive ketones (excluding diaryl/α,β-unsaturated/α-hetero) is 1. The molecule has 1 aromatic rings. The molecule has 2 heteroatoms. The van der Waals surface area contributed by atoms with Crippen LogP contribution in [0.1, 0.15) is 87.4 Å². The molecular formula is C20H28O2. The maximum Gasteiger partial charge on any atom is 0.170 e. The zero-order valence-corrected chi connectivity index (χ0v) is 13.6. The third-order valence-electron chi connectivity index (χ3n) is 5.26. The van der Waals surface area contributed by atoms with Crippen LogP contribution < -0.4 is 4.74 Å². The van der Waals surface area contributed by atoms with E-state index in [4.69, 9.17) is 4.74 Å². The molecule has 0 aromatic heterocycles. The minimum absolute atomic E-state index is 0.232. The summed E-state index contributed by atoms with van der Waals surface area (Å²) >= 11 is 0. The second kappa shape index (κ2) is 7.30. The molecule has 0 bridgehead atoms. The summed E-state index contributed by atoms with van der Waals surface area (Å²) in [6.07, 6.45) is 14.4. The van der Waals surface area contributed by atoms with Crippen molar-refractivity contribution in [2.75, 3.05) is 0 Å². The fourth-order valence-corrected chi connectivity index (χ4v) is 3.98. The number of rotatable bonds is 0. The molecule has 0 amide bonds. The van der Waals surface area contributed by atoms with Crippen LogP contribution in [0.4, 0.5) is 0 Å². The summed E-state index contributed by atoms with van der Waals surface area (Å²) in [5.41, 5.74) is 0.546. The Morgan fingerprint density at radius 3 is 1.95 bits per heavy atom. The Balaban J connectivity index is 1.75. The van der Waals surface area contributed by atoms with Crippen LogP contribution in [-0.4, -0.2) is 11.4 Å². The Morgan fingerprint density at radius 1 is 0.773 bits per heavy atom. The van der Waals surface area contributed by atoms with Crippen LogP contribution in [0.5, 0.6) is 5.75 Å². The first kappa shape index (κ1) is 15.6. The molecule has 0 N–H and O–H groups in total. The van der Waals surface area contributed by atoms with E-state index in [1.54, 1.807) is 0 Å². The van der Waals surface area contributed by atoms with Gasteiger partial charge in [0.15, 0.2) is 5.78 Å². The number of ether oxygens (including phenoxy) is 1. The highest BCUT2D eigenvalue weighted by atomic mass is 16.5. The summed E-state index contributed by atoms with van der Waals surface area (Å²) < 4.78 is 6.41. The van der Waals surface area contributed by atoms with E-state index in [-0.39, 0.29) is 11.4 Å². The topological polar surface area (TPSA) is 26.3 Å². The van der Waals surface area contributed by atoms with Crippen molar-refractivity contribution < 1.29 is 9.53 Å². The Hall–Kier alpha value is -1.31. The van der Waals surface area contributed by atoms with Crippen molar-refractivity contribution in [2.45, 2.75) is 82.7 Å². The first-order valence-electron chi connectivity index (χ1n) is 9.10. The molecular weight excluding hydrogens is 272 g/mol. The van der Waals surface area contributed by atoms with Crippen LogP contribution in [0.15, 0.2) is 24.3 Å². The molecule has 0 atom stereocenters. The summed E-state index contributed by atoms with van der Waals surface area (Å²) in [5.74, 6) is 1.08. The molecule has 2 nitrogen and oxygen atoms in total. The average Bonchev–Trinajstić information content (AvgIpc) is 2.51. The first-order valence-corrected chi connectivity index (χ1v) is 9.10. The molecule has 1 spiro atoms. The van der Waals surface area contributed by atoms with Gasteiger partial charge in [0.1, 0.15) is 11.4 Å². The normalized spacial score (nSPS) is 23.0. The molecule has 2 aliphatic rings. The van der Waals surface area contributed by atoms with Crippen LogP contribution >= 0.6 is 0 Å². The van der Waals surface area contributed by atoms with Gasteiger partial charge in [0.2, 0.25) is 0 Å². The van der Waals surface area contributed by atoms with Gasteiger partial charge >= 0.3 is 0 Å². The lowest BCUT2D eigenvalue weighted by atomic mass is 9.81. The number of ketones is 1. The number of carbonyl (C=O) groups is 1. The van der Waals surface area contributed by atoms with Crippen LogP contribution in [0.25, 0.3) is 0 Å². The molecule has 1 saturated carbocycles. The van der Waals surface area contributed by atoms with Gasteiger partial charge in [-0.1, -0.05) is 57.1 Å². The van der Waals surface area contributed by atoms with Crippen LogP contribution in [0.2, 0.25) is 0 Å². The summed E-state index contributed by atoms with van der Waals surface area (Å²) in [7, 11) is 0. The molecule has 0 saturated heterocycles. The van der Waals surface area contributed by atoms with E-state index in [0.29, 0.717) is 6.42 Å². The lowest BCUT2D eigenvalue weighted by Gasteiger charge is -2.38. The van der Waals surface area contributed by atoms with E-state index >= 15 is 0 Å². The zero-order chi connectivity index (χ0) is 15.3. The molecule has 1 aliphatic carbocycles. The van der Waals surface area contributed by atoms with E-state index < -0.39 is 0 Å². The van der Waals surface area contributed by atoms with Crippen LogP contribution in [0, 0.1) is 0 Å². The fraction of sp³-hybridized carbons (Fsp3) is 0.650. The zero-order valence-electron chi connectivity index (χ0n) is 13.6. The molecule has 120 valence electrons. The Bertz CT molecular complexity index is 494. The van der Waals surface area contributed by atoms with Crippen LogP contribution in [-0.2, 0) is 0 Å². The lowest BCUT2D eigenvalue weighted by molar-refractivity contribution is 0.0241. The molecule has 1 aliphatic heterocycles. The van der Waals surface area contributed by atoms with Gasteiger partial charge < -0.3 is 4.74 Å². The van der Waals surface area contributed by atoms with Crippen molar-refractivity contribution in [1.29, 1.82) is 0 Å². The van der Waals surface area contributed by atoms with Crippen molar-refractivity contribution in [3.8, 4) is 5.75 Å². The average molecular weight is 300 g/mol. The second-order valence-corrected chi connectivity index (χ2v) is 7.06. The third kappa shape index (κ3) is 3.71.